The predicted octanol–water partition coefficient (Wildman–Crippen LogP) is 1.50. The van der Waals surface area contributed by atoms with Crippen LogP contribution in [0.1, 0.15) is 26.5 Å². The lowest BCUT2D eigenvalue weighted by atomic mass is 10.1. The largest absolute Gasteiger partial charge is 1.00 e. The summed E-state index contributed by atoms with van der Waals surface area (Å²) in [5.74, 6) is 2.37. The Labute approximate surface area is 137 Å². The van der Waals surface area contributed by atoms with Crippen LogP contribution in [0.3, 0.4) is 0 Å². The van der Waals surface area contributed by atoms with Crippen molar-refractivity contribution < 1.29 is 21.6 Å². The average Bonchev–Trinajstić information content (AvgIpc) is 2.84. The van der Waals surface area contributed by atoms with E-state index >= 15 is 0 Å². The maximum absolute atomic E-state index is 6.13. The van der Waals surface area contributed by atoms with Crippen molar-refractivity contribution in [1.82, 2.24) is 5.32 Å². The first kappa shape index (κ1) is 17.9. The van der Waals surface area contributed by atoms with Gasteiger partial charge in [-0.3, -0.25) is 0 Å². The van der Waals surface area contributed by atoms with Gasteiger partial charge in [-0.05, 0) is 51.1 Å². The molecule has 1 aromatic carbocycles. The fourth-order valence-corrected chi connectivity index (χ4v) is 2.06. The van der Waals surface area contributed by atoms with Crippen LogP contribution in [0.2, 0.25) is 5.02 Å². The molecule has 0 saturated heterocycles. The molecule has 0 aliphatic carbocycles. The first-order valence-electron chi connectivity index (χ1n) is 6.57. The molecule has 0 bridgehead atoms. The Morgan fingerprint density at radius 2 is 1.90 bits per heavy atom. The Bertz CT molecular complexity index is 588. The predicted molar refractivity (Wildman–Crippen MR) is 82.3 cm³/mol. The van der Waals surface area contributed by atoms with E-state index in [-0.39, 0.29) is 17.9 Å². The number of benzene rings is 1. The van der Waals surface area contributed by atoms with Crippen LogP contribution < -0.4 is 22.5 Å². The highest BCUT2D eigenvalue weighted by atomic mass is 35.5. The summed E-state index contributed by atoms with van der Waals surface area (Å²) in [4.78, 5) is 0. The Hall–Kier alpha value is -1.16. The third-order valence-electron chi connectivity index (χ3n) is 2.89. The fraction of sp³-hybridized carbons (Fsp3) is 0.375. The second-order valence-corrected chi connectivity index (χ2v) is 6.13. The van der Waals surface area contributed by atoms with E-state index in [4.69, 9.17) is 20.8 Å². The highest BCUT2D eigenvalue weighted by molar-refractivity contribution is 6.32. The number of furan rings is 1. The molecule has 21 heavy (non-hydrogen) atoms. The highest BCUT2D eigenvalue weighted by Gasteiger charge is 2.11. The standard InChI is InChI=1S/C16H20ClNO2.ClH/c1-16(2,3)18-10-12-6-8-14(20-12)11-5-7-15(19-4)13(17)9-11;/h5-9,18H,10H2,1-4H3;1H/p-1. The van der Waals surface area contributed by atoms with E-state index in [0.717, 1.165) is 17.1 Å². The first-order chi connectivity index (χ1) is 9.39. The summed E-state index contributed by atoms with van der Waals surface area (Å²) in [7, 11) is 1.60. The summed E-state index contributed by atoms with van der Waals surface area (Å²) in [6.45, 7) is 7.08. The van der Waals surface area contributed by atoms with Crippen molar-refractivity contribution in [3.8, 4) is 17.1 Å². The minimum atomic E-state index is 0. The lowest BCUT2D eigenvalue weighted by molar-refractivity contribution is -0.00000552. The van der Waals surface area contributed by atoms with E-state index in [1.165, 1.54) is 0 Å². The summed E-state index contributed by atoms with van der Waals surface area (Å²) in [6, 6.07) is 9.56. The molecule has 2 rings (SSSR count). The molecule has 2 aromatic rings. The summed E-state index contributed by atoms with van der Waals surface area (Å²) < 4.78 is 11.0. The minimum absolute atomic E-state index is 0. The van der Waals surface area contributed by atoms with Crippen molar-refractivity contribution >= 4 is 11.6 Å². The van der Waals surface area contributed by atoms with Crippen LogP contribution in [-0.4, -0.2) is 12.6 Å². The van der Waals surface area contributed by atoms with Gasteiger partial charge in [-0.25, -0.2) is 0 Å². The van der Waals surface area contributed by atoms with Crippen LogP contribution in [0, 0.1) is 0 Å². The van der Waals surface area contributed by atoms with Crippen LogP contribution >= 0.6 is 11.6 Å². The van der Waals surface area contributed by atoms with Crippen molar-refractivity contribution in [3.63, 3.8) is 0 Å². The van der Waals surface area contributed by atoms with Gasteiger partial charge in [-0.1, -0.05) is 11.6 Å². The fourth-order valence-electron chi connectivity index (χ4n) is 1.80. The minimum Gasteiger partial charge on any atom is -1.00 e. The Morgan fingerprint density at radius 3 is 2.48 bits per heavy atom. The molecule has 5 heteroatoms. The second kappa shape index (κ2) is 7.21. The lowest BCUT2D eigenvalue weighted by Gasteiger charge is -2.19. The van der Waals surface area contributed by atoms with Gasteiger partial charge in [0.1, 0.15) is 17.3 Å². The van der Waals surface area contributed by atoms with Crippen LogP contribution in [0.5, 0.6) is 5.75 Å². The molecule has 0 aliphatic heterocycles. The summed E-state index contributed by atoms with van der Waals surface area (Å²) in [5.41, 5.74) is 1.01. The zero-order valence-electron chi connectivity index (χ0n) is 12.7. The number of methoxy groups -OCH3 is 1. The van der Waals surface area contributed by atoms with E-state index in [2.05, 4.69) is 26.1 Å². The van der Waals surface area contributed by atoms with E-state index in [1.807, 2.05) is 30.3 Å². The summed E-state index contributed by atoms with van der Waals surface area (Å²) >= 11 is 6.13. The molecule has 1 heterocycles. The van der Waals surface area contributed by atoms with Gasteiger partial charge in [0.2, 0.25) is 0 Å². The van der Waals surface area contributed by atoms with Crippen LogP contribution in [0.15, 0.2) is 34.7 Å². The highest BCUT2D eigenvalue weighted by Crippen LogP contribution is 2.31. The van der Waals surface area contributed by atoms with Gasteiger partial charge in [0.15, 0.2) is 0 Å². The molecular formula is C16H20Cl2NO2-. The molecule has 3 nitrogen and oxygen atoms in total. The first-order valence-corrected chi connectivity index (χ1v) is 6.94. The number of ether oxygens (including phenoxy) is 1. The topological polar surface area (TPSA) is 34.4 Å². The summed E-state index contributed by atoms with van der Waals surface area (Å²) in [5, 5.41) is 3.97. The van der Waals surface area contributed by atoms with E-state index in [1.54, 1.807) is 7.11 Å². The molecule has 0 atom stereocenters. The third-order valence-corrected chi connectivity index (χ3v) is 3.19. The van der Waals surface area contributed by atoms with Gasteiger partial charge >= 0.3 is 0 Å². The van der Waals surface area contributed by atoms with Crippen LogP contribution in [0.25, 0.3) is 11.3 Å². The maximum Gasteiger partial charge on any atom is 0.137 e. The van der Waals surface area contributed by atoms with Crippen LogP contribution in [0.4, 0.5) is 0 Å². The molecular weight excluding hydrogens is 309 g/mol. The van der Waals surface area contributed by atoms with Gasteiger partial charge in [0.25, 0.3) is 0 Å². The molecule has 0 radical (unpaired) electrons. The molecule has 0 fully saturated rings. The Morgan fingerprint density at radius 1 is 1.19 bits per heavy atom. The van der Waals surface area contributed by atoms with E-state index < -0.39 is 0 Å². The zero-order valence-corrected chi connectivity index (χ0v) is 14.2. The number of hydrogen-bond acceptors (Lipinski definition) is 3. The average molecular weight is 329 g/mol. The van der Waals surface area contributed by atoms with Crippen molar-refractivity contribution in [2.75, 3.05) is 7.11 Å². The molecule has 0 amide bonds. The van der Waals surface area contributed by atoms with Gasteiger partial charge in [0, 0.05) is 11.1 Å². The number of halogens is 2. The van der Waals surface area contributed by atoms with E-state index in [9.17, 15) is 0 Å². The van der Waals surface area contributed by atoms with Crippen molar-refractivity contribution in [2.24, 2.45) is 0 Å². The molecule has 0 spiro atoms. The molecule has 1 aromatic heterocycles. The molecule has 116 valence electrons. The van der Waals surface area contributed by atoms with Gasteiger partial charge in [0.05, 0.1) is 18.7 Å². The molecule has 0 aliphatic rings. The SMILES string of the molecule is COc1ccc(-c2ccc(CNC(C)(C)C)o2)cc1Cl.[Cl-]. The zero-order chi connectivity index (χ0) is 14.8. The quantitative estimate of drug-likeness (QED) is 0.923. The van der Waals surface area contributed by atoms with Gasteiger partial charge < -0.3 is 26.9 Å². The number of rotatable bonds is 4. The van der Waals surface area contributed by atoms with Crippen molar-refractivity contribution in [2.45, 2.75) is 32.9 Å². The Balaban J connectivity index is 0.00000220. The third kappa shape index (κ3) is 4.95. The van der Waals surface area contributed by atoms with Gasteiger partial charge in [-0.15, -0.1) is 0 Å². The van der Waals surface area contributed by atoms with E-state index in [0.29, 0.717) is 17.3 Å². The van der Waals surface area contributed by atoms with Gasteiger partial charge in [-0.2, -0.15) is 0 Å². The molecule has 1 N–H and O–H groups in total. The monoisotopic (exact) mass is 328 g/mol. The van der Waals surface area contributed by atoms with Crippen molar-refractivity contribution in [1.29, 1.82) is 0 Å². The number of hydrogen-bond donors (Lipinski definition) is 1. The molecule has 0 unspecified atom stereocenters. The van der Waals surface area contributed by atoms with Crippen molar-refractivity contribution in [3.05, 3.63) is 41.1 Å². The molecule has 0 saturated carbocycles. The maximum atomic E-state index is 6.13. The second-order valence-electron chi connectivity index (χ2n) is 5.72. The number of nitrogens with one attached hydrogen (secondary N) is 1. The van der Waals surface area contributed by atoms with Crippen LogP contribution in [-0.2, 0) is 6.54 Å². The normalized spacial score (nSPS) is 11.1. The Kier molecular flexibility index (Phi) is 6.14. The summed E-state index contributed by atoms with van der Waals surface area (Å²) in [6.07, 6.45) is 0. The lowest BCUT2D eigenvalue weighted by Crippen LogP contribution is -3.00. The smallest absolute Gasteiger partial charge is 0.137 e.